The highest BCUT2D eigenvalue weighted by atomic mass is 32.2. The third-order valence-corrected chi connectivity index (χ3v) is 4.76. The lowest BCUT2D eigenvalue weighted by atomic mass is 9.97. The summed E-state index contributed by atoms with van der Waals surface area (Å²) in [6.45, 7) is 9.99. The molecule has 0 heterocycles. The molecule has 0 spiro atoms. The minimum Gasteiger partial charge on any atom is -0.481 e. The Labute approximate surface area is 103 Å². The fourth-order valence-corrected chi connectivity index (χ4v) is 0.929. The molecule has 0 aliphatic carbocycles. The molecule has 1 unspecified atom stereocenters. The molecule has 4 heteroatoms. The summed E-state index contributed by atoms with van der Waals surface area (Å²) in [7, 11) is 0. The van der Waals surface area contributed by atoms with E-state index in [1.54, 1.807) is 18.7 Å². The maximum absolute atomic E-state index is 10.5. The van der Waals surface area contributed by atoms with Crippen LogP contribution in [0.1, 0.15) is 34.6 Å². The van der Waals surface area contributed by atoms with Gasteiger partial charge in [0.25, 0.3) is 0 Å². The van der Waals surface area contributed by atoms with E-state index in [0.717, 1.165) is 5.25 Å². The molecule has 1 atom stereocenters. The standard InChI is InChI=1S/C7H14O2S.C4H10S/c1-5(6(8)9)7(2,3)10-4;1-4(2)5-3/h5H,1-4H3,(H,8,9);4H,1-3H3. The van der Waals surface area contributed by atoms with Gasteiger partial charge in [0.1, 0.15) is 0 Å². The van der Waals surface area contributed by atoms with Crippen LogP contribution in [0.25, 0.3) is 0 Å². The van der Waals surface area contributed by atoms with Crippen LogP contribution in [0.15, 0.2) is 0 Å². The van der Waals surface area contributed by atoms with Crippen LogP contribution in [0.4, 0.5) is 0 Å². The lowest BCUT2D eigenvalue weighted by molar-refractivity contribution is -0.141. The number of carbonyl (C=O) groups is 1. The second kappa shape index (κ2) is 8.34. The van der Waals surface area contributed by atoms with E-state index in [-0.39, 0.29) is 10.7 Å². The maximum atomic E-state index is 10.5. The monoisotopic (exact) mass is 252 g/mol. The predicted molar refractivity (Wildman–Crippen MR) is 73.0 cm³/mol. The van der Waals surface area contributed by atoms with Crippen molar-refractivity contribution < 1.29 is 9.90 Å². The molecule has 1 N–H and O–H groups in total. The Balaban J connectivity index is 0. The number of hydrogen-bond donors (Lipinski definition) is 1. The van der Waals surface area contributed by atoms with E-state index in [9.17, 15) is 4.79 Å². The Bertz CT molecular complexity index is 179. The van der Waals surface area contributed by atoms with Crippen LogP contribution in [0.2, 0.25) is 0 Å². The van der Waals surface area contributed by atoms with Crippen molar-refractivity contribution in [2.45, 2.75) is 44.6 Å². The van der Waals surface area contributed by atoms with Crippen molar-refractivity contribution in [1.29, 1.82) is 0 Å². The van der Waals surface area contributed by atoms with Gasteiger partial charge in [0.15, 0.2) is 0 Å². The zero-order chi connectivity index (χ0) is 12.6. The molecule has 0 bridgehead atoms. The maximum Gasteiger partial charge on any atom is 0.307 e. The summed E-state index contributed by atoms with van der Waals surface area (Å²) in [6.07, 6.45) is 4.05. The molecular formula is C11H24O2S2. The lowest BCUT2D eigenvalue weighted by Gasteiger charge is -2.26. The molecule has 0 aliphatic heterocycles. The van der Waals surface area contributed by atoms with Gasteiger partial charge in [-0.2, -0.15) is 23.5 Å². The lowest BCUT2D eigenvalue weighted by Crippen LogP contribution is -2.31. The van der Waals surface area contributed by atoms with E-state index in [1.165, 1.54) is 0 Å². The van der Waals surface area contributed by atoms with E-state index in [1.807, 2.05) is 31.9 Å². The highest BCUT2D eigenvalue weighted by Crippen LogP contribution is 2.29. The molecule has 0 aliphatic rings. The fourth-order valence-electron chi connectivity index (χ4n) is 0.474. The SMILES string of the molecule is CSC(C)(C)C(C)C(=O)O.CSC(C)C. The van der Waals surface area contributed by atoms with Gasteiger partial charge in [-0.15, -0.1) is 0 Å². The van der Waals surface area contributed by atoms with Gasteiger partial charge in [-0.1, -0.05) is 20.8 Å². The molecule has 0 saturated carbocycles. The van der Waals surface area contributed by atoms with Crippen molar-refractivity contribution in [3.8, 4) is 0 Å². The first kappa shape index (κ1) is 17.6. The number of carboxylic acids is 1. The first-order valence-corrected chi connectivity index (χ1v) is 7.51. The van der Waals surface area contributed by atoms with Gasteiger partial charge in [-0.25, -0.2) is 0 Å². The Morgan fingerprint density at radius 3 is 1.60 bits per heavy atom. The van der Waals surface area contributed by atoms with E-state index in [2.05, 4.69) is 20.1 Å². The number of aliphatic carboxylic acids is 1. The second-order valence-electron chi connectivity index (χ2n) is 4.15. The molecule has 0 radical (unpaired) electrons. The molecule has 0 saturated heterocycles. The molecule has 2 nitrogen and oxygen atoms in total. The first-order valence-electron chi connectivity index (χ1n) is 4.99. The largest absolute Gasteiger partial charge is 0.481 e. The van der Waals surface area contributed by atoms with Crippen LogP contribution in [0.5, 0.6) is 0 Å². The summed E-state index contributed by atoms with van der Waals surface area (Å²) in [4.78, 5) is 10.5. The van der Waals surface area contributed by atoms with E-state index >= 15 is 0 Å². The Morgan fingerprint density at radius 1 is 1.20 bits per heavy atom. The summed E-state index contributed by atoms with van der Waals surface area (Å²) in [5.74, 6) is -1.01. The third kappa shape index (κ3) is 9.12. The zero-order valence-electron chi connectivity index (χ0n) is 10.8. The minimum absolute atomic E-state index is 0.161. The molecular weight excluding hydrogens is 228 g/mol. The van der Waals surface area contributed by atoms with Gasteiger partial charge in [-0.05, 0) is 31.6 Å². The normalized spacial score (nSPS) is 13.1. The van der Waals surface area contributed by atoms with Crippen LogP contribution >= 0.6 is 23.5 Å². The summed E-state index contributed by atoms with van der Waals surface area (Å²) < 4.78 is -0.161. The third-order valence-electron chi connectivity index (χ3n) is 2.41. The van der Waals surface area contributed by atoms with Gasteiger partial charge < -0.3 is 5.11 Å². The zero-order valence-corrected chi connectivity index (χ0v) is 12.5. The van der Waals surface area contributed by atoms with Crippen LogP contribution in [-0.4, -0.2) is 33.6 Å². The quantitative estimate of drug-likeness (QED) is 0.829. The second-order valence-corrected chi connectivity index (χ2v) is 7.03. The fraction of sp³-hybridized carbons (Fsp3) is 0.909. The number of thioether (sulfide) groups is 2. The van der Waals surface area contributed by atoms with Gasteiger partial charge >= 0.3 is 5.97 Å². The van der Waals surface area contributed by atoms with Crippen LogP contribution in [0.3, 0.4) is 0 Å². The predicted octanol–water partition coefficient (Wildman–Crippen LogP) is 3.61. The van der Waals surface area contributed by atoms with Crippen LogP contribution in [0, 0.1) is 5.92 Å². The number of hydrogen-bond acceptors (Lipinski definition) is 3. The molecule has 0 aromatic carbocycles. The van der Waals surface area contributed by atoms with E-state index < -0.39 is 5.97 Å². The van der Waals surface area contributed by atoms with Crippen LogP contribution in [-0.2, 0) is 4.79 Å². The molecule has 0 aromatic rings. The van der Waals surface area contributed by atoms with Gasteiger partial charge in [0.05, 0.1) is 5.92 Å². The topological polar surface area (TPSA) is 37.3 Å². The highest BCUT2D eigenvalue weighted by molar-refractivity contribution is 8.00. The van der Waals surface area contributed by atoms with Crippen molar-refractivity contribution in [3.05, 3.63) is 0 Å². The van der Waals surface area contributed by atoms with Crippen molar-refractivity contribution in [3.63, 3.8) is 0 Å². The van der Waals surface area contributed by atoms with E-state index in [4.69, 9.17) is 5.11 Å². The van der Waals surface area contributed by atoms with Gasteiger partial charge in [0, 0.05) is 4.75 Å². The molecule has 0 rings (SSSR count). The molecule has 0 amide bonds. The molecule has 0 fully saturated rings. The summed E-state index contributed by atoms with van der Waals surface area (Å²) in [5.41, 5.74) is 0. The summed E-state index contributed by atoms with van der Waals surface area (Å²) >= 11 is 3.46. The Kier molecular flexibility index (Phi) is 9.76. The molecule has 0 aromatic heterocycles. The minimum atomic E-state index is -0.723. The first-order chi connectivity index (χ1) is 6.68. The van der Waals surface area contributed by atoms with Crippen molar-refractivity contribution in [2.24, 2.45) is 5.92 Å². The van der Waals surface area contributed by atoms with Crippen LogP contribution < -0.4 is 0 Å². The average Bonchev–Trinajstić information content (AvgIpc) is 2.17. The number of rotatable bonds is 4. The summed E-state index contributed by atoms with van der Waals surface area (Å²) in [6, 6.07) is 0. The number of carboxylic acid groups (broad SMARTS) is 1. The average molecular weight is 252 g/mol. The van der Waals surface area contributed by atoms with Crippen molar-refractivity contribution in [2.75, 3.05) is 12.5 Å². The van der Waals surface area contributed by atoms with Gasteiger partial charge in [0.2, 0.25) is 0 Å². The Morgan fingerprint density at radius 2 is 1.53 bits per heavy atom. The van der Waals surface area contributed by atoms with Crippen molar-refractivity contribution in [1.82, 2.24) is 0 Å². The summed E-state index contributed by atoms with van der Waals surface area (Å²) in [5, 5.41) is 9.44. The van der Waals surface area contributed by atoms with Gasteiger partial charge in [-0.3, -0.25) is 4.79 Å². The Hall–Kier alpha value is 0.170. The van der Waals surface area contributed by atoms with E-state index in [0.29, 0.717) is 0 Å². The highest BCUT2D eigenvalue weighted by Gasteiger charge is 2.29. The van der Waals surface area contributed by atoms with Crippen molar-refractivity contribution >= 4 is 29.5 Å². The smallest absolute Gasteiger partial charge is 0.307 e. The molecule has 92 valence electrons. The molecule has 15 heavy (non-hydrogen) atoms.